The average Bonchev–Trinajstić information content (AvgIpc) is 2.50. The molecule has 0 atom stereocenters. The molecule has 2 aromatic rings. The van der Waals surface area contributed by atoms with Crippen molar-refractivity contribution in [3.05, 3.63) is 59.2 Å². The van der Waals surface area contributed by atoms with Gasteiger partial charge in [0.2, 0.25) is 0 Å². The Morgan fingerprint density at radius 1 is 1.18 bits per heavy atom. The standard InChI is InChI=1S/C16H15NO5/c1-10-7-12(15(19)20)8-13(14(10)18)17-16(21)22-9-11-5-3-2-4-6-11/h2-8,18H,9H2,1H3,(H,17,21)(H,19,20). The Labute approximate surface area is 127 Å². The fraction of sp³-hybridized carbons (Fsp3) is 0.125. The minimum atomic E-state index is -1.15. The molecule has 1 amide bonds. The molecule has 0 radical (unpaired) electrons. The van der Waals surface area contributed by atoms with E-state index in [0.29, 0.717) is 5.56 Å². The number of carbonyl (C=O) groups excluding carboxylic acids is 1. The number of nitrogens with one attached hydrogen (secondary N) is 1. The molecule has 0 aliphatic rings. The van der Waals surface area contributed by atoms with E-state index in [9.17, 15) is 14.7 Å². The van der Waals surface area contributed by atoms with Crippen LogP contribution in [0, 0.1) is 6.92 Å². The number of rotatable bonds is 4. The maximum Gasteiger partial charge on any atom is 0.412 e. The van der Waals surface area contributed by atoms with E-state index in [0.717, 1.165) is 5.56 Å². The number of benzene rings is 2. The summed E-state index contributed by atoms with van der Waals surface area (Å²) >= 11 is 0. The van der Waals surface area contributed by atoms with Gasteiger partial charge in [-0.2, -0.15) is 0 Å². The lowest BCUT2D eigenvalue weighted by molar-refractivity contribution is 0.0696. The molecule has 0 aliphatic carbocycles. The van der Waals surface area contributed by atoms with Crippen molar-refractivity contribution in [1.29, 1.82) is 0 Å². The molecule has 0 spiro atoms. The largest absolute Gasteiger partial charge is 0.505 e. The van der Waals surface area contributed by atoms with Gasteiger partial charge in [-0.05, 0) is 30.2 Å². The Morgan fingerprint density at radius 2 is 1.86 bits per heavy atom. The third kappa shape index (κ3) is 3.76. The zero-order chi connectivity index (χ0) is 16.1. The highest BCUT2D eigenvalue weighted by atomic mass is 16.5. The van der Waals surface area contributed by atoms with Crippen molar-refractivity contribution >= 4 is 17.7 Å². The summed E-state index contributed by atoms with van der Waals surface area (Å²) in [6, 6.07) is 11.6. The molecule has 2 aromatic carbocycles. The van der Waals surface area contributed by atoms with Gasteiger partial charge in [0.05, 0.1) is 11.3 Å². The van der Waals surface area contributed by atoms with Crippen LogP contribution in [0.4, 0.5) is 10.5 Å². The Morgan fingerprint density at radius 3 is 2.50 bits per heavy atom. The van der Waals surface area contributed by atoms with Crippen molar-refractivity contribution in [3.8, 4) is 5.75 Å². The van der Waals surface area contributed by atoms with Crippen LogP contribution >= 0.6 is 0 Å². The fourth-order valence-corrected chi connectivity index (χ4v) is 1.87. The van der Waals surface area contributed by atoms with Crippen LogP contribution in [0.15, 0.2) is 42.5 Å². The second kappa shape index (κ2) is 6.62. The number of phenolic OH excluding ortho intramolecular Hbond substituents is 1. The monoisotopic (exact) mass is 301 g/mol. The van der Waals surface area contributed by atoms with Gasteiger partial charge in [-0.15, -0.1) is 0 Å². The Hall–Kier alpha value is -3.02. The number of phenols is 1. The van der Waals surface area contributed by atoms with E-state index in [1.807, 2.05) is 18.2 Å². The first-order valence-corrected chi connectivity index (χ1v) is 6.52. The molecule has 114 valence electrons. The number of ether oxygens (including phenoxy) is 1. The van der Waals surface area contributed by atoms with Crippen molar-refractivity contribution in [1.82, 2.24) is 0 Å². The maximum absolute atomic E-state index is 11.7. The topological polar surface area (TPSA) is 95.9 Å². The van der Waals surface area contributed by atoms with Gasteiger partial charge in [0.15, 0.2) is 0 Å². The van der Waals surface area contributed by atoms with Gasteiger partial charge in [0, 0.05) is 0 Å². The van der Waals surface area contributed by atoms with Crippen molar-refractivity contribution in [3.63, 3.8) is 0 Å². The third-order valence-electron chi connectivity index (χ3n) is 3.00. The van der Waals surface area contributed by atoms with Crippen LogP contribution in [0.2, 0.25) is 0 Å². The molecule has 0 saturated heterocycles. The molecule has 0 aliphatic heterocycles. The highest BCUT2D eigenvalue weighted by molar-refractivity contribution is 5.93. The fourth-order valence-electron chi connectivity index (χ4n) is 1.87. The van der Waals surface area contributed by atoms with Crippen molar-refractivity contribution in [2.45, 2.75) is 13.5 Å². The smallest absolute Gasteiger partial charge is 0.412 e. The minimum Gasteiger partial charge on any atom is -0.505 e. The lowest BCUT2D eigenvalue weighted by Gasteiger charge is -2.11. The van der Waals surface area contributed by atoms with Gasteiger partial charge in [0.1, 0.15) is 12.4 Å². The summed E-state index contributed by atoms with van der Waals surface area (Å²) in [6.45, 7) is 1.62. The predicted molar refractivity (Wildman–Crippen MR) is 80.1 cm³/mol. The summed E-state index contributed by atoms with van der Waals surface area (Å²) in [5.74, 6) is -1.34. The van der Waals surface area contributed by atoms with Gasteiger partial charge in [0.25, 0.3) is 0 Å². The summed E-state index contributed by atoms with van der Waals surface area (Å²) < 4.78 is 5.02. The molecule has 6 nitrogen and oxygen atoms in total. The Kier molecular flexibility index (Phi) is 4.63. The SMILES string of the molecule is Cc1cc(C(=O)O)cc(NC(=O)OCc2ccccc2)c1O. The molecule has 0 aromatic heterocycles. The summed E-state index contributed by atoms with van der Waals surface area (Å²) in [7, 11) is 0. The number of aryl methyl sites for hydroxylation is 1. The number of amides is 1. The number of hydrogen-bond acceptors (Lipinski definition) is 4. The first-order chi connectivity index (χ1) is 10.5. The van der Waals surface area contributed by atoms with Crippen LogP contribution < -0.4 is 5.32 Å². The molecule has 0 saturated carbocycles. The highest BCUT2D eigenvalue weighted by Crippen LogP contribution is 2.29. The molecular formula is C16H15NO5. The van der Waals surface area contributed by atoms with E-state index in [-0.39, 0.29) is 23.6 Å². The second-order valence-corrected chi connectivity index (χ2v) is 4.68. The highest BCUT2D eigenvalue weighted by Gasteiger charge is 2.14. The van der Waals surface area contributed by atoms with Gasteiger partial charge in [-0.1, -0.05) is 30.3 Å². The van der Waals surface area contributed by atoms with Crippen LogP contribution in [0.5, 0.6) is 5.75 Å². The summed E-state index contributed by atoms with van der Waals surface area (Å²) in [5, 5.41) is 21.2. The van der Waals surface area contributed by atoms with Crippen LogP contribution in [0.25, 0.3) is 0 Å². The number of hydrogen-bond donors (Lipinski definition) is 3. The van der Waals surface area contributed by atoms with E-state index >= 15 is 0 Å². The van der Waals surface area contributed by atoms with E-state index < -0.39 is 12.1 Å². The third-order valence-corrected chi connectivity index (χ3v) is 3.00. The summed E-state index contributed by atoms with van der Waals surface area (Å²) in [4.78, 5) is 22.7. The van der Waals surface area contributed by atoms with Crippen molar-refractivity contribution in [2.24, 2.45) is 0 Å². The lowest BCUT2D eigenvalue weighted by Crippen LogP contribution is -2.14. The molecule has 0 unspecified atom stereocenters. The molecule has 2 rings (SSSR count). The lowest BCUT2D eigenvalue weighted by atomic mass is 10.1. The van der Waals surface area contributed by atoms with E-state index in [2.05, 4.69) is 5.32 Å². The average molecular weight is 301 g/mol. The molecule has 22 heavy (non-hydrogen) atoms. The molecule has 3 N–H and O–H groups in total. The Bertz CT molecular complexity index is 697. The van der Waals surface area contributed by atoms with Crippen molar-refractivity contribution in [2.75, 3.05) is 5.32 Å². The normalized spacial score (nSPS) is 10.0. The maximum atomic E-state index is 11.7. The number of aromatic carboxylic acids is 1. The minimum absolute atomic E-state index is 0.00420. The quantitative estimate of drug-likeness (QED) is 0.754. The number of aromatic hydroxyl groups is 1. The van der Waals surface area contributed by atoms with Crippen molar-refractivity contribution < 1.29 is 24.5 Å². The van der Waals surface area contributed by atoms with Gasteiger partial charge in [-0.3, -0.25) is 5.32 Å². The molecular weight excluding hydrogens is 286 g/mol. The molecule has 0 heterocycles. The van der Waals surface area contributed by atoms with Crippen LogP contribution in [-0.2, 0) is 11.3 Å². The van der Waals surface area contributed by atoms with Crippen LogP contribution in [-0.4, -0.2) is 22.3 Å². The van der Waals surface area contributed by atoms with Gasteiger partial charge >= 0.3 is 12.1 Å². The molecule has 0 bridgehead atoms. The zero-order valence-electron chi connectivity index (χ0n) is 11.9. The van der Waals surface area contributed by atoms with E-state index in [1.54, 1.807) is 19.1 Å². The van der Waals surface area contributed by atoms with Gasteiger partial charge < -0.3 is 14.9 Å². The van der Waals surface area contributed by atoms with Crippen LogP contribution in [0.3, 0.4) is 0 Å². The van der Waals surface area contributed by atoms with E-state index in [4.69, 9.17) is 9.84 Å². The number of carboxylic acids is 1. The number of carboxylic acid groups (broad SMARTS) is 1. The summed E-state index contributed by atoms with van der Waals surface area (Å²) in [5.41, 5.74) is 1.12. The summed E-state index contributed by atoms with van der Waals surface area (Å²) in [6.07, 6.45) is -0.777. The second-order valence-electron chi connectivity index (χ2n) is 4.68. The first-order valence-electron chi connectivity index (χ1n) is 6.52. The predicted octanol–water partition coefficient (Wildman–Crippen LogP) is 3.15. The molecule has 6 heteroatoms. The van der Waals surface area contributed by atoms with Crippen LogP contribution in [0.1, 0.15) is 21.5 Å². The first kappa shape index (κ1) is 15.4. The number of anilines is 1. The van der Waals surface area contributed by atoms with E-state index in [1.165, 1.54) is 12.1 Å². The zero-order valence-corrected chi connectivity index (χ0v) is 11.9. The molecule has 0 fully saturated rings. The Balaban J connectivity index is 2.06. The number of carbonyl (C=O) groups is 2. The van der Waals surface area contributed by atoms with Gasteiger partial charge in [-0.25, -0.2) is 9.59 Å².